The maximum atomic E-state index is 11.7. The van der Waals surface area contributed by atoms with Crippen LogP contribution in [-0.4, -0.2) is 32.2 Å². The molecule has 0 bridgehead atoms. The predicted molar refractivity (Wildman–Crippen MR) is 76.5 cm³/mol. The van der Waals surface area contributed by atoms with Gasteiger partial charge in [0.2, 0.25) is 5.91 Å². The molecule has 1 fully saturated rings. The third kappa shape index (κ3) is 4.49. The van der Waals surface area contributed by atoms with Crippen LogP contribution in [0.2, 0.25) is 5.02 Å². The summed E-state index contributed by atoms with van der Waals surface area (Å²) in [6.45, 7) is 1.14. The van der Waals surface area contributed by atoms with Gasteiger partial charge in [-0.05, 0) is 56.6 Å². The van der Waals surface area contributed by atoms with E-state index in [0.717, 1.165) is 25.1 Å². The van der Waals surface area contributed by atoms with Gasteiger partial charge >= 0.3 is 0 Å². The molecular weight excluding hydrogens is 264 g/mol. The van der Waals surface area contributed by atoms with Gasteiger partial charge in [0.1, 0.15) is 6.61 Å². The zero-order chi connectivity index (χ0) is 13.7. The molecular formula is C14H19ClN2O2. The van der Waals surface area contributed by atoms with Crippen LogP contribution in [0.4, 0.5) is 5.69 Å². The predicted octanol–water partition coefficient (Wildman–Crippen LogP) is 2.29. The lowest BCUT2D eigenvalue weighted by atomic mass is 9.82. The van der Waals surface area contributed by atoms with E-state index in [-0.39, 0.29) is 18.6 Å². The van der Waals surface area contributed by atoms with Crippen LogP contribution in [-0.2, 0) is 9.53 Å². The van der Waals surface area contributed by atoms with Crippen LogP contribution in [0.1, 0.15) is 12.8 Å². The zero-order valence-electron chi connectivity index (χ0n) is 11.0. The number of halogens is 1. The Kier molecular flexibility index (Phi) is 5.19. The van der Waals surface area contributed by atoms with Gasteiger partial charge in [-0.1, -0.05) is 11.6 Å². The monoisotopic (exact) mass is 282 g/mol. The average Bonchev–Trinajstić information content (AvgIpc) is 2.35. The van der Waals surface area contributed by atoms with Crippen molar-refractivity contribution in [2.45, 2.75) is 18.9 Å². The van der Waals surface area contributed by atoms with Crippen LogP contribution < -0.4 is 10.6 Å². The third-order valence-electron chi connectivity index (χ3n) is 3.26. The largest absolute Gasteiger partial charge is 0.368 e. The summed E-state index contributed by atoms with van der Waals surface area (Å²) < 4.78 is 5.55. The molecule has 2 N–H and O–H groups in total. The fraction of sp³-hybridized carbons (Fsp3) is 0.500. The Bertz CT molecular complexity index is 416. The van der Waals surface area contributed by atoms with Crippen molar-refractivity contribution in [3.8, 4) is 0 Å². The number of benzene rings is 1. The van der Waals surface area contributed by atoms with E-state index in [1.54, 1.807) is 24.3 Å². The first-order valence-corrected chi connectivity index (χ1v) is 6.87. The van der Waals surface area contributed by atoms with Crippen molar-refractivity contribution in [1.29, 1.82) is 0 Å². The first-order chi connectivity index (χ1) is 9.17. The molecule has 2 rings (SSSR count). The van der Waals surface area contributed by atoms with Crippen molar-refractivity contribution < 1.29 is 9.53 Å². The zero-order valence-corrected chi connectivity index (χ0v) is 11.7. The number of anilines is 1. The summed E-state index contributed by atoms with van der Waals surface area (Å²) in [7, 11) is 1.95. The van der Waals surface area contributed by atoms with E-state index in [1.165, 1.54) is 0 Å². The molecule has 1 saturated carbocycles. The molecule has 0 unspecified atom stereocenters. The standard InChI is InChI=1S/C14H19ClN2O2/c1-16-8-10-6-13(7-10)19-9-14(18)17-12-4-2-11(15)3-5-12/h2-5,10,13,16H,6-9H2,1H3,(H,17,18). The normalized spacial score (nSPS) is 21.8. The second-order valence-electron chi connectivity index (χ2n) is 4.88. The first-order valence-electron chi connectivity index (χ1n) is 6.49. The van der Waals surface area contributed by atoms with Crippen LogP contribution >= 0.6 is 11.6 Å². The van der Waals surface area contributed by atoms with Gasteiger partial charge in [0.05, 0.1) is 6.10 Å². The fourth-order valence-corrected chi connectivity index (χ4v) is 2.32. The quantitative estimate of drug-likeness (QED) is 0.842. The highest BCUT2D eigenvalue weighted by molar-refractivity contribution is 6.30. The fourth-order valence-electron chi connectivity index (χ4n) is 2.19. The Morgan fingerprint density at radius 3 is 2.68 bits per heavy atom. The van der Waals surface area contributed by atoms with Gasteiger partial charge < -0.3 is 15.4 Å². The van der Waals surface area contributed by atoms with Crippen LogP contribution in [0.15, 0.2) is 24.3 Å². The van der Waals surface area contributed by atoms with Crippen LogP contribution in [0.3, 0.4) is 0 Å². The van der Waals surface area contributed by atoms with E-state index < -0.39 is 0 Å². The highest BCUT2D eigenvalue weighted by atomic mass is 35.5. The highest BCUT2D eigenvalue weighted by Gasteiger charge is 2.29. The molecule has 104 valence electrons. The SMILES string of the molecule is CNCC1CC(OCC(=O)Nc2ccc(Cl)cc2)C1. The summed E-state index contributed by atoms with van der Waals surface area (Å²) in [5.74, 6) is 0.564. The molecule has 0 aromatic heterocycles. The van der Waals surface area contributed by atoms with E-state index >= 15 is 0 Å². The van der Waals surface area contributed by atoms with Gasteiger partial charge in [0.25, 0.3) is 0 Å². The lowest BCUT2D eigenvalue weighted by molar-refractivity contribution is -0.125. The van der Waals surface area contributed by atoms with Crippen molar-refractivity contribution in [3.63, 3.8) is 0 Å². The maximum absolute atomic E-state index is 11.7. The lowest BCUT2D eigenvalue weighted by Gasteiger charge is -2.34. The molecule has 1 aromatic carbocycles. The Morgan fingerprint density at radius 1 is 1.37 bits per heavy atom. The number of carbonyl (C=O) groups is 1. The van der Waals surface area contributed by atoms with E-state index in [4.69, 9.17) is 16.3 Å². The summed E-state index contributed by atoms with van der Waals surface area (Å²) in [5, 5.41) is 6.57. The molecule has 0 heterocycles. The van der Waals surface area contributed by atoms with Crippen LogP contribution in [0, 0.1) is 5.92 Å². The summed E-state index contributed by atoms with van der Waals surface area (Å²) in [6.07, 6.45) is 2.30. The van der Waals surface area contributed by atoms with Crippen molar-refractivity contribution >= 4 is 23.2 Å². The molecule has 19 heavy (non-hydrogen) atoms. The summed E-state index contributed by atoms with van der Waals surface area (Å²) in [4.78, 5) is 11.7. The van der Waals surface area contributed by atoms with Gasteiger partial charge in [-0.3, -0.25) is 4.79 Å². The second-order valence-corrected chi connectivity index (χ2v) is 5.32. The molecule has 1 aromatic rings. The van der Waals surface area contributed by atoms with Crippen LogP contribution in [0.5, 0.6) is 0 Å². The maximum Gasteiger partial charge on any atom is 0.250 e. The van der Waals surface area contributed by atoms with Crippen LogP contribution in [0.25, 0.3) is 0 Å². The van der Waals surface area contributed by atoms with E-state index in [2.05, 4.69) is 10.6 Å². The Morgan fingerprint density at radius 2 is 2.05 bits per heavy atom. The minimum atomic E-state index is -0.126. The summed E-state index contributed by atoms with van der Waals surface area (Å²) in [6, 6.07) is 7.03. The van der Waals surface area contributed by atoms with E-state index in [1.807, 2.05) is 7.05 Å². The molecule has 1 amide bonds. The molecule has 0 atom stereocenters. The van der Waals surface area contributed by atoms with Gasteiger partial charge in [-0.15, -0.1) is 0 Å². The molecule has 0 saturated heterocycles. The van der Waals surface area contributed by atoms with Gasteiger partial charge in [0.15, 0.2) is 0 Å². The Labute approximate surface area is 118 Å². The summed E-state index contributed by atoms with van der Waals surface area (Å²) >= 11 is 5.77. The molecule has 4 nitrogen and oxygen atoms in total. The first kappa shape index (κ1) is 14.3. The van der Waals surface area contributed by atoms with Crippen molar-refractivity contribution in [1.82, 2.24) is 5.32 Å². The number of ether oxygens (including phenoxy) is 1. The van der Waals surface area contributed by atoms with Crippen molar-refractivity contribution in [3.05, 3.63) is 29.3 Å². The molecule has 0 radical (unpaired) electrons. The topological polar surface area (TPSA) is 50.4 Å². The molecule has 0 aliphatic heterocycles. The molecule has 1 aliphatic carbocycles. The number of amides is 1. The number of carbonyl (C=O) groups excluding carboxylic acids is 1. The third-order valence-corrected chi connectivity index (χ3v) is 3.52. The number of hydrogen-bond donors (Lipinski definition) is 2. The van der Waals surface area contributed by atoms with E-state index in [0.29, 0.717) is 10.9 Å². The Balaban J connectivity index is 1.64. The molecule has 0 spiro atoms. The minimum absolute atomic E-state index is 0.111. The summed E-state index contributed by atoms with van der Waals surface area (Å²) in [5.41, 5.74) is 0.736. The highest BCUT2D eigenvalue weighted by Crippen LogP contribution is 2.29. The van der Waals surface area contributed by atoms with Gasteiger partial charge in [0, 0.05) is 10.7 Å². The molecule has 5 heteroatoms. The number of nitrogens with one attached hydrogen (secondary N) is 2. The second kappa shape index (κ2) is 6.89. The van der Waals surface area contributed by atoms with Crippen molar-refractivity contribution in [2.75, 3.05) is 25.5 Å². The average molecular weight is 283 g/mol. The molecule has 1 aliphatic rings. The Hall–Kier alpha value is -1.10. The lowest BCUT2D eigenvalue weighted by Crippen LogP contribution is -2.38. The van der Waals surface area contributed by atoms with Gasteiger partial charge in [-0.2, -0.15) is 0 Å². The minimum Gasteiger partial charge on any atom is -0.368 e. The van der Waals surface area contributed by atoms with E-state index in [9.17, 15) is 4.79 Å². The number of hydrogen-bond acceptors (Lipinski definition) is 3. The smallest absolute Gasteiger partial charge is 0.250 e. The van der Waals surface area contributed by atoms with Crippen molar-refractivity contribution in [2.24, 2.45) is 5.92 Å². The number of rotatable bonds is 6. The van der Waals surface area contributed by atoms with Gasteiger partial charge in [-0.25, -0.2) is 0 Å².